The lowest BCUT2D eigenvalue weighted by atomic mass is 10.1. The fourth-order valence-electron chi connectivity index (χ4n) is 2.61. The topological polar surface area (TPSA) is 131 Å². The number of nitrogens with one attached hydrogen (secondary N) is 3. The SMILES string of the molecule is COC(=O)/C(C(=O)NS(=O)(=O)c1ccc(C)cc1)=C1/Nc2ccccc2NC1=O. The summed E-state index contributed by atoms with van der Waals surface area (Å²) in [6.45, 7) is 1.78. The minimum Gasteiger partial charge on any atom is -0.465 e. The zero-order chi connectivity index (χ0) is 21.2. The minimum absolute atomic E-state index is 0.169. The highest BCUT2D eigenvalue weighted by molar-refractivity contribution is 7.90. The van der Waals surface area contributed by atoms with Crippen molar-refractivity contribution in [2.24, 2.45) is 0 Å². The summed E-state index contributed by atoms with van der Waals surface area (Å²) in [5.41, 5.74) is 0.507. The third-order valence-corrected chi connectivity index (χ3v) is 5.43. The first-order valence-electron chi connectivity index (χ1n) is 8.37. The highest BCUT2D eigenvalue weighted by Gasteiger charge is 2.33. The van der Waals surface area contributed by atoms with Crippen LogP contribution in [-0.4, -0.2) is 33.3 Å². The van der Waals surface area contributed by atoms with Gasteiger partial charge in [-0.15, -0.1) is 0 Å². The molecule has 0 bridgehead atoms. The first-order chi connectivity index (χ1) is 13.7. The van der Waals surface area contributed by atoms with Crippen molar-refractivity contribution in [2.45, 2.75) is 11.8 Å². The summed E-state index contributed by atoms with van der Waals surface area (Å²) in [6.07, 6.45) is 0. The van der Waals surface area contributed by atoms with Crippen molar-refractivity contribution in [3.05, 3.63) is 65.4 Å². The summed E-state index contributed by atoms with van der Waals surface area (Å²) in [5, 5.41) is 5.22. The summed E-state index contributed by atoms with van der Waals surface area (Å²) in [7, 11) is -3.27. The van der Waals surface area contributed by atoms with Crippen LogP contribution >= 0.6 is 0 Å². The molecule has 150 valence electrons. The fraction of sp³-hybridized carbons (Fsp3) is 0.105. The molecule has 2 aromatic carbocycles. The van der Waals surface area contributed by atoms with Crippen LogP contribution in [0.15, 0.2) is 64.7 Å². The van der Waals surface area contributed by atoms with Gasteiger partial charge in [-0.25, -0.2) is 17.9 Å². The Labute approximate surface area is 166 Å². The van der Waals surface area contributed by atoms with Crippen molar-refractivity contribution < 1.29 is 27.5 Å². The monoisotopic (exact) mass is 415 g/mol. The third-order valence-electron chi connectivity index (χ3n) is 4.09. The van der Waals surface area contributed by atoms with Crippen LogP contribution in [0.25, 0.3) is 0 Å². The number of fused-ring (bicyclic) bond motifs is 1. The summed E-state index contributed by atoms with van der Waals surface area (Å²) in [4.78, 5) is 37.2. The van der Waals surface area contributed by atoms with E-state index >= 15 is 0 Å². The zero-order valence-corrected chi connectivity index (χ0v) is 16.3. The van der Waals surface area contributed by atoms with Gasteiger partial charge in [0.2, 0.25) is 0 Å². The lowest BCUT2D eigenvalue weighted by Gasteiger charge is -2.22. The number of sulfonamides is 1. The van der Waals surface area contributed by atoms with Gasteiger partial charge < -0.3 is 15.4 Å². The first-order valence-corrected chi connectivity index (χ1v) is 9.85. The van der Waals surface area contributed by atoms with Crippen LogP contribution in [0.3, 0.4) is 0 Å². The second-order valence-electron chi connectivity index (χ2n) is 6.11. The minimum atomic E-state index is -4.28. The van der Waals surface area contributed by atoms with E-state index < -0.39 is 39.1 Å². The highest BCUT2D eigenvalue weighted by Crippen LogP contribution is 2.28. The number of carbonyl (C=O) groups is 3. The van der Waals surface area contributed by atoms with Crippen LogP contribution in [0.4, 0.5) is 11.4 Å². The average molecular weight is 415 g/mol. The molecule has 0 aromatic heterocycles. The van der Waals surface area contributed by atoms with Gasteiger partial charge in [0.05, 0.1) is 23.4 Å². The fourth-order valence-corrected chi connectivity index (χ4v) is 3.57. The summed E-state index contributed by atoms with van der Waals surface area (Å²) in [5.74, 6) is -3.25. The highest BCUT2D eigenvalue weighted by atomic mass is 32.2. The Morgan fingerprint density at radius 3 is 2.14 bits per heavy atom. The number of esters is 1. The van der Waals surface area contributed by atoms with Gasteiger partial charge in [-0.2, -0.15) is 0 Å². The first kappa shape index (κ1) is 20.1. The number of methoxy groups -OCH3 is 1. The van der Waals surface area contributed by atoms with Crippen molar-refractivity contribution >= 4 is 39.2 Å². The van der Waals surface area contributed by atoms with Crippen LogP contribution in [0, 0.1) is 6.92 Å². The van der Waals surface area contributed by atoms with Gasteiger partial charge in [0.25, 0.3) is 21.8 Å². The van der Waals surface area contributed by atoms with Gasteiger partial charge in [-0.1, -0.05) is 29.8 Å². The van der Waals surface area contributed by atoms with Gasteiger partial charge in [0.1, 0.15) is 5.70 Å². The maximum absolute atomic E-state index is 12.7. The lowest BCUT2D eigenvalue weighted by Crippen LogP contribution is -2.38. The molecule has 0 aliphatic carbocycles. The molecule has 29 heavy (non-hydrogen) atoms. The number of amides is 2. The number of anilines is 2. The van der Waals surface area contributed by atoms with E-state index in [0.717, 1.165) is 12.7 Å². The van der Waals surface area contributed by atoms with E-state index in [0.29, 0.717) is 11.4 Å². The smallest absolute Gasteiger partial charge is 0.345 e. The molecule has 0 saturated carbocycles. The number of benzene rings is 2. The van der Waals surface area contributed by atoms with Gasteiger partial charge in [0.15, 0.2) is 5.57 Å². The molecule has 0 atom stereocenters. The summed E-state index contributed by atoms with van der Waals surface area (Å²) in [6, 6.07) is 12.4. The molecule has 0 unspecified atom stereocenters. The zero-order valence-electron chi connectivity index (χ0n) is 15.5. The van der Waals surface area contributed by atoms with Crippen molar-refractivity contribution in [1.29, 1.82) is 0 Å². The molecular weight excluding hydrogens is 398 g/mol. The molecule has 0 fully saturated rings. The molecule has 1 aliphatic heterocycles. The maximum Gasteiger partial charge on any atom is 0.345 e. The normalized spacial score (nSPS) is 14.8. The van der Waals surface area contributed by atoms with Crippen molar-refractivity contribution in [3.63, 3.8) is 0 Å². The Kier molecular flexibility index (Phi) is 5.37. The Morgan fingerprint density at radius 2 is 1.55 bits per heavy atom. The molecule has 9 nitrogen and oxygen atoms in total. The number of hydrogen-bond donors (Lipinski definition) is 3. The molecule has 2 amide bonds. The van der Waals surface area contributed by atoms with Crippen molar-refractivity contribution in [2.75, 3.05) is 17.7 Å². The molecule has 3 N–H and O–H groups in total. The number of carbonyl (C=O) groups excluding carboxylic acids is 3. The molecule has 0 spiro atoms. The van der Waals surface area contributed by atoms with Gasteiger partial charge in [-0.3, -0.25) is 9.59 Å². The summed E-state index contributed by atoms with van der Waals surface area (Å²) >= 11 is 0. The largest absolute Gasteiger partial charge is 0.465 e. The molecule has 1 aliphatic rings. The van der Waals surface area contributed by atoms with Crippen LogP contribution < -0.4 is 15.4 Å². The lowest BCUT2D eigenvalue weighted by molar-refractivity contribution is -0.138. The van der Waals surface area contributed by atoms with Crippen molar-refractivity contribution in [1.82, 2.24) is 4.72 Å². The number of para-hydroxylation sites is 2. The van der Waals surface area contributed by atoms with E-state index in [9.17, 15) is 22.8 Å². The van der Waals surface area contributed by atoms with Gasteiger partial charge in [0, 0.05) is 0 Å². The summed E-state index contributed by atoms with van der Waals surface area (Å²) < 4.78 is 31.4. The average Bonchev–Trinajstić information content (AvgIpc) is 2.68. The Bertz CT molecular complexity index is 1140. The Balaban J connectivity index is 2.00. The van der Waals surface area contributed by atoms with Crippen LogP contribution in [-0.2, 0) is 29.1 Å². The van der Waals surface area contributed by atoms with E-state index in [1.165, 1.54) is 12.1 Å². The predicted octanol–water partition coefficient (Wildman–Crippen LogP) is 1.29. The van der Waals surface area contributed by atoms with Gasteiger partial charge in [-0.05, 0) is 31.2 Å². The van der Waals surface area contributed by atoms with E-state index in [2.05, 4.69) is 15.4 Å². The second kappa shape index (κ2) is 7.76. The standard InChI is InChI=1S/C19H17N3O6S/c1-11-7-9-12(10-8-11)29(26,27)22-17(23)15(19(25)28-2)16-18(24)21-14-6-4-3-5-13(14)20-16/h3-10,20H,1-2H3,(H,21,24)(H,22,23)/b16-15+. The number of aryl methyl sites for hydroxylation is 1. The maximum atomic E-state index is 12.7. The molecule has 2 aromatic rings. The molecule has 0 saturated heterocycles. The molecular formula is C19H17N3O6S. The predicted molar refractivity (Wildman–Crippen MR) is 104 cm³/mol. The number of ether oxygens (including phenoxy) is 1. The molecule has 0 radical (unpaired) electrons. The molecule has 1 heterocycles. The molecule has 10 heteroatoms. The second-order valence-corrected chi connectivity index (χ2v) is 7.80. The van der Waals surface area contributed by atoms with Crippen LogP contribution in [0.5, 0.6) is 0 Å². The van der Waals surface area contributed by atoms with Crippen LogP contribution in [0.1, 0.15) is 5.56 Å². The third kappa shape index (κ3) is 4.11. The van der Waals surface area contributed by atoms with E-state index in [1.54, 1.807) is 48.0 Å². The Hall–Kier alpha value is -3.66. The molecule has 3 rings (SSSR count). The van der Waals surface area contributed by atoms with E-state index in [-0.39, 0.29) is 4.90 Å². The van der Waals surface area contributed by atoms with Gasteiger partial charge >= 0.3 is 5.97 Å². The van der Waals surface area contributed by atoms with Crippen molar-refractivity contribution in [3.8, 4) is 0 Å². The van der Waals surface area contributed by atoms with Crippen LogP contribution in [0.2, 0.25) is 0 Å². The number of hydrogen-bond acceptors (Lipinski definition) is 7. The Morgan fingerprint density at radius 1 is 0.966 bits per heavy atom. The quantitative estimate of drug-likeness (QED) is 0.297. The van der Waals surface area contributed by atoms with E-state index in [1.807, 2.05) is 0 Å². The van der Waals surface area contributed by atoms with E-state index in [4.69, 9.17) is 0 Å². The number of rotatable bonds is 4.